The predicted octanol–water partition coefficient (Wildman–Crippen LogP) is 2.09. The topological polar surface area (TPSA) is 59.2 Å². The summed E-state index contributed by atoms with van der Waals surface area (Å²) in [6, 6.07) is 8.46. The quantitative estimate of drug-likeness (QED) is 0.840. The first-order chi connectivity index (χ1) is 8.74. The first-order valence-corrected chi connectivity index (χ1v) is 6.03. The second-order valence-corrected chi connectivity index (χ2v) is 4.63. The van der Waals surface area contributed by atoms with Gasteiger partial charge in [-0.25, -0.2) is 4.79 Å². The highest BCUT2D eigenvalue weighted by Gasteiger charge is 2.23. The molecular weight excluding hydrogens is 230 g/mol. The number of aromatic amines is 1. The zero-order valence-electron chi connectivity index (χ0n) is 9.81. The molecule has 1 aromatic heterocycles. The second kappa shape index (κ2) is 4.29. The van der Waals surface area contributed by atoms with Gasteiger partial charge in [-0.15, -0.1) is 0 Å². The van der Waals surface area contributed by atoms with Gasteiger partial charge in [-0.1, -0.05) is 12.1 Å². The molecule has 3 rings (SSSR count). The average molecular weight is 243 g/mol. The highest BCUT2D eigenvalue weighted by molar-refractivity contribution is 6.02. The summed E-state index contributed by atoms with van der Waals surface area (Å²) in [7, 11) is 0. The first-order valence-electron chi connectivity index (χ1n) is 6.03. The molecule has 0 amide bonds. The Hall–Kier alpha value is -2.10. The molecule has 1 saturated carbocycles. The fraction of sp³-hybridized carbons (Fsp3) is 0.286. The van der Waals surface area contributed by atoms with E-state index in [-0.39, 0.29) is 11.5 Å². The van der Waals surface area contributed by atoms with Crippen LogP contribution < -0.4 is 5.56 Å². The van der Waals surface area contributed by atoms with Crippen molar-refractivity contribution in [2.45, 2.75) is 12.8 Å². The number of hydrogen-bond acceptors (Lipinski definition) is 3. The van der Waals surface area contributed by atoms with Crippen LogP contribution in [0.5, 0.6) is 0 Å². The summed E-state index contributed by atoms with van der Waals surface area (Å²) in [4.78, 5) is 26.0. The lowest BCUT2D eigenvalue weighted by molar-refractivity contribution is 0.0488. The predicted molar refractivity (Wildman–Crippen MR) is 67.6 cm³/mol. The number of H-pyrrole nitrogens is 1. The van der Waals surface area contributed by atoms with E-state index in [2.05, 4.69) is 4.98 Å². The molecule has 4 heteroatoms. The van der Waals surface area contributed by atoms with Gasteiger partial charge in [0.05, 0.1) is 17.7 Å². The van der Waals surface area contributed by atoms with Gasteiger partial charge < -0.3 is 9.72 Å². The van der Waals surface area contributed by atoms with Gasteiger partial charge in [-0.05, 0) is 36.3 Å². The van der Waals surface area contributed by atoms with E-state index < -0.39 is 0 Å². The Morgan fingerprint density at radius 3 is 2.89 bits per heavy atom. The smallest absolute Gasteiger partial charge is 0.340 e. The highest BCUT2D eigenvalue weighted by Crippen LogP contribution is 2.29. The maximum Gasteiger partial charge on any atom is 0.340 e. The summed E-state index contributed by atoms with van der Waals surface area (Å²) in [6.07, 6.45) is 2.28. The number of nitrogens with one attached hydrogen (secondary N) is 1. The van der Waals surface area contributed by atoms with Crippen LogP contribution in [0, 0.1) is 5.92 Å². The fourth-order valence-electron chi connectivity index (χ4n) is 1.90. The van der Waals surface area contributed by atoms with Crippen molar-refractivity contribution in [2.24, 2.45) is 5.92 Å². The minimum Gasteiger partial charge on any atom is -0.462 e. The molecule has 92 valence electrons. The Morgan fingerprint density at radius 2 is 2.11 bits per heavy atom. The number of para-hydroxylation sites is 1. The van der Waals surface area contributed by atoms with Crippen LogP contribution in [0.2, 0.25) is 0 Å². The Labute approximate surface area is 104 Å². The van der Waals surface area contributed by atoms with Crippen molar-refractivity contribution in [3.8, 4) is 0 Å². The molecule has 0 bridgehead atoms. The third-order valence-corrected chi connectivity index (χ3v) is 3.13. The number of benzene rings is 1. The largest absolute Gasteiger partial charge is 0.462 e. The maximum absolute atomic E-state index is 12.0. The minimum absolute atomic E-state index is 0.218. The van der Waals surface area contributed by atoms with Gasteiger partial charge in [0.15, 0.2) is 0 Å². The molecule has 1 N–H and O–H groups in total. The molecule has 1 aliphatic rings. The summed E-state index contributed by atoms with van der Waals surface area (Å²) < 4.78 is 5.24. The summed E-state index contributed by atoms with van der Waals surface area (Å²) >= 11 is 0. The molecule has 1 aliphatic carbocycles. The second-order valence-electron chi connectivity index (χ2n) is 4.63. The highest BCUT2D eigenvalue weighted by atomic mass is 16.5. The lowest BCUT2D eigenvalue weighted by atomic mass is 10.1. The fourth-order valence-corrected chi connectivity index (χ4v) is 1.90. The van der Waals surface area contributed by atoms with E-state index in [0.29, 0.717) is 23.6 Å². The average Bonchev–Trinajstić information content (AvgIpc) is 3.19. The number of rotatable bonds is 3. The lowest BCUT2D eigenvalue weighted by Crippen LogP contribution is -2.11. The zero-order valence-corrected chi connectivity index (χ0v) is 9.81. The van der Waals surface area contributed by atoms with E-state index in [1.807, 2.05) is 6.07 Å². The molecule has 0 radical (unpaired) electrons. The molecule has 0 saturated heterocycles. The number of fused-ring (bicyclic) bond motifs is 1. The van der Waals surface area contributed by atoms with Crippen molar-refractivity contribution < 1.29 is 9.53 Å². The van der Waals surface area contributed by atoms with Gasteiger partial charge in [0.2, 0.25) is 5.56 Å². The van der Waals surface area contributed by atoms with Crippen LogP contribution in [-0.2, 0) is 4.74 Å². The minimum atomic E-state index is -0.366. The van der Waals surface area contributed by atoms with Crippen LogP contribution in [0.15, 0.2) is 35.1 Å². The van der Waals surface area contributed by atoms with Crippen molar-refractivity contribution in [3.63, 3.8) is 0 Å². The molecule has 0 unspecified atom stereocenters. The number of carbonyl (C=O) groups is 1. The van der Waals surface area contributed by atoms with Crippen LogP contribution in [0.1, 0.15) is 23.2 Å². The summed E-state index contributed by atoms with van der Waals surface area (Å²) in [5.41, 5.74) is 0.751. The molecule has 18 heavy (non-hydrogen) atoms. The van der Waals surface area contributed by atoms with Crippen LogP contribution in [0.3, 0.4) is 0 Å². The molecule has 1 aromatic carbocycles. The number of pyridine rings is 1. The molecule has 2 aromatic rings. The van der Waals surface area contributed by atoms with Crippen molar-refractivity contribution >= 4 is 16.9 Å². The van der Waals surface area contributed by atoms with Gasteiger partial charge in [-0.3, -0.25) is 4.79 Å². The van der Waals surface area contributed by atoms with E-state index in [4.69, 9.17) is 4.74 Å². The van der Waals surface area contributed by atoms with Gasteiger partial charge >= 0.3 is 5.97 Å². The Kier molecular flexibility index (Phi) is 2.63. The maximum atomic E-state index is 12.0. The number of aromatic nitrogens is 1. The monoisotopic (exact) mass is 243 g/mol. The van der Waals surface area contributed by atoms with Crippen molar-refractivity contribution in [2.75, 3.05) is 6.61 Å². The number of carbonyl (C=O) groups excluding carboxylic acids is 1. The van der Waals surface area contributed by atoms with E-state index >= 15 is 0 Å². The van der Waals surface area contributed by atoms with Crippen molar-refractivity contribution in [1.82, 2.24) is 4.98 Å². The van der Waals surface area contributed by atoms with Crippen molar-refractivity contribution in [3.05, 3.63) is 46.2 Å². The number of esters is 1. The van der Waals surface area contributed by atoms with Gasteiger partial charge in [0, 0.05) is 6.07 Å². The van der Waals surface area contributed by atoms with Gasteiger partial charge in [0.25, 0.3) is 0 Å². The first kappa shape index (κ1) is 11.0. The summed E-state index contributed by atoms with van der Waals surface area (Å²) in [5, 5.41) is 0.829. The summed E-state index contributed by atoms with van der Waals surface area (Å²) in [6.45, 7) is 0.478. The third-order valence-electron chi connectivity index (χ3n) is 3.13. The Morgan fingerprint density at radius 1 is 1.28 bits per heavy atom. The summed E-state index contributed by atoms with van der Waals surface area (Å²) in [5.74, 6) is 0.164. The number of ether oxygens (including phenoxy) is 1. The van der Waals surface area contributed by atoms with Crippen molar-refractivity contribution in [1.29, 1.82) is 0 Å². The lowest BCUT2D eigenvalue weighted by Gasteiger charge is -2.06. The SMILES string of the molecule is O=C(OCC1CC1)c1cccc2ccc(=O)[nH]c12. The molecule has 1 fully saturated rings. The Balaban J connectivity index is 1.96. The molecule has 0 aliphatic heterocycles. The van der Waals surface area contributed by atoms with Crippen LogP contribution >= 0.6 is 0 Å². The van der Waals surface area contributed by atoms with Crippen LogP contribution in [0.4, 0.5) is 0 Å². The van der Waals surface area contributed by atoms with Gasteiger partial charge in [0.1, 0.15) is 0 Å². The van der Waals surface area contributed by atoms with E-state index in [1.165, 1.54) is 6.07 Å². The Bertz CT molecular complexity index is 655. The van der Waals surface area contributed by atoms with E-state index in [0.717, 1.165) is 18.2 Å². The molecular formula is C14H13NO3. The molecule has 0 spiro atoms. The normalized spacial score (nSPS) is 14.7. The molecule has 4 nitrogen and oxygen atoms in total. The molecule has 0 atom stereocenters. The standard InChI is InChI=1S/C14H13NO3/c16-12-7-6-10-2-1-3-11(13(10)15-12)14(17)18-8-9-4-5-9/h1-3,6-7,9H,4-5,8H2,(H,15,16). The van der Waals surface area contributed by atoms with Crippen LogP contribution in [-0.4, -0.2) is 17.6 Å². The molecule has 1 heterocycles. The third kappa shape index (κ3) is 2.14. The van der Waals surface area contributed by atoms with E-state index in [1.54, 1.807) is 18.2 Å². The number of hydrogen-bond donors (Lipinski definition) is 1. The van der Waals surface area contributed by atoms with Crippen LogP contribution in [0.25, 0.3) is 10.9 Å². The van der Waals surface area contributed by atoms with E-state index in [9.17, 15) is 9.59 Å². The zero-order chi connectivity index (χ0) is 12.5. The van der Waals surface area contributed by atoms with Gasteiger partial charge in [-0.2, -0.15) is 0 Å².